The van der Waals surface area contributed by atoms with Crippen LogP contribution in [0.15, 0.2) is 36.7 Å². The number of benzene rings is 1. The van der Waals surface area contributed by atoms with E-state index in [1.807, 2.05) is 4.90 Å². The van der Waals surface area contributed by atoms with Crippen LogP contribution in [0.5, 0.6) is 0 Å². The number of carbonyl (C=O) groups excluding carboxylic acids is 3. The topological polar surface area (TPSA) is 117 Å². The lowest BCUT2D eigenvalue weighted by Crippen LogP contribution is -2.64. The second-order valence-corrected chi connectivity index (χ2v) is 11.1. The largest absolute Gasteiger partial charge is 0.444 e. The Morgan fingerprint density at radius 3 is 2.32 bits per heavy atom. The summed E-state index contributed by atoms with van der Waals surface area (Å²) in [6.07, 6.45) is 2.57. The maximum absolute atomic E-state index is 14.7. The van der Waals surface area contributed by atoms with E-state index >= 15 is 0 Å². The Bertz CT molecular complexity index is 1240. The van der Waals surface area contributed by atoms with Crippen LogP contribution in [0.4, 0.5) is 19.5 Å². The van der Waals surface area contributed by atoms with Gasteiger partial charge in [0.2, 0.25) is 11.9 Å². The van der Waals surface area contributed by atoms with E-state index in [1.165, 1.54) is 4.90 Å². The lowest BCUT2D eigenvalue weighted by molar-refractivity contribution is -0.150. The lowest BCUT2D eigenvalue weighted by atomic mass is 9.71. The van der Waals surface area contributed by atoms with Gasteiger partial charge in [-0.2, -0.15) is 8.78 Å². The van der Waals surface area contributed by atoms with Crippen LogP contribution in [0, 0.1) is 11.3 Å². The number of hydrogen-bond donors (Lipinski definition) is 2. The molecule has 1 aromatic heterocycles. The number of halogens is 4. The van der Waals surface area contributed by atoms with Gasteiger partial charge in [0.15, 0.2) is 0 Å². The lowest BCUT2D eigenvalue weighted by Gasteiger charge is -2.50. The van der Waals surface area contributed by atoms with Crippen LogP contribution in [-0.4, -0.2) is 64.6 Å². The fourth-order valence-corrected chi connectivity index (χ4v) is 4.83. The Labute approximate surface area is 227 Å². The molecule has 2 fully saturated rings. The van der Waals surface area contributed by atoms with Crippen molar-refractivity contribution in [3.05, 3.63) is 52.3 Å². The van der Waals surface area contributed by atoms with Gasteiger partial charge in [0.05, 0.1) is 16.0 Å². The van der Waals surface area contributed by atoms with Crippen molar-refractivity contribution in [2.24, 2.45) is 11.3 Å². The van der Waals surface area contributed by atoms with Crippen molar-refractivity contribution in [1.82, 2.24) is 25.7 Å². The third kappa shape index (κ3) is 5.60. The van der Waals surface area contributed by atoms with Crippen LogP contribution >= 0.6 is 23.2 Å². The number of nitrogens with one attached hydrogen (secondary N) is 2. The van der Waals surface area contributed by atoms with Gasteiger partial charge in [-0.3, -0.25) is 20.4 Å². The SMILES string of the molecule is CC(C)(C)OC(=O)N1CC(C(=O)NNC(=O)C(F)(F)c2ccc(Cl)c(Cl)c2)C2(C1)CN(c1ncccn1)C2. The van der Waals surface area contributed by atoms with Crippen molar-refractivity contribution in [2.45, 2.75) is 32.3 Å². The van der Waals surface area contributed by atoms with Crippen LogP contribution in [0.2, 0.25) is 10.0 Å². The Morgan fingerprint density at radius 1 is 1.05 bits per heavy atom. The highest BCUT2D eigenvalue weighted by Crippen LogP contribution is 2.45. The second-order valence-electron chi connectivity index (χ2n) is 10.3. The van der Waals surface area contributed by atoms with Gasteiger partial charge in [-0.1, -0.05) is 29.3 Å². The molecule has 204 valence electrons. The second kappa shape index (κ2) is 10.1. The fraction of sp³-hybridized carbons (Fsp3) is 0.458. The number of rotatable bonds is 4. The van der Waals surface area contributed by atoms with Gasteiger partial charge in [-0.25, -0.2) is 14.8 Å². The van der Waals surface area contributed by atoms with E-state index in [9.17, 15) is 23.2 Å². The molecule has 1 atom stereocenters. The summed E-state index contributed by atoms with van der Waals surface area (Å²) in [6, 6.07) is 4.66. The van der Waals surface area contributed by atoms with Crippen molar-refractivity contribution in [1.29, 1.82) is 0 Å². The van der Waals surface area contributed by atoms with Crippen LogP contribution < -0.4 is 15.8 Å². The summed E-state index contributed by atoms with van der Waals surface area (Å²) in [5, 5.41) is -0.0933. The van der Waals surface area contributed by atoms with Gasteiger partial charge < -0.3 is 14.5 Å². The number of anilines is 1. The van der Waals surface area contributed by atoms with Crippen molar-refractivity contribution < 1.29 is 27.9 Å². The van der Waals surface area contributed by atoms with E-state index in [2.05, 4.69) is 15.4 Å². The molecule has 14 heteroatoms. The summed E-state index contributed by atoms with van der Waals surface area (Å²) in [6.45, 7) is 6.01. The zero-order valence-corrected chi connectivity index (χ0v) is 22.3. The zero-order chi connectivity index (χ0) is 27.9. The van der Waals surface area contributed by atoms with Crippen LogP contribution in [-0.2, 0) is 20.2 Å². The highest BCUT2D eigenvalue weighted by molar-refractivity contribution is 6.42. The number of carbonyl (C=O) groups is 3. The molecule has 10 nitrogen and oxygen atoms in total. The van der Waals surface area contributed by atoms with E-state index in [0.29, 0.717) is 19.0 Å². The maximum atomic E-state index is 14.7. The van der Waals surface area contributed by atoms with Gasteiger partial charge in [0.25, 0.3) is 0 Å². The smallest absolute Gasteiger partial charge is 0.410 e. The standard InChI is InChI=1S/C24H26Cl2F2N6O4/c1-22(2,3)38-21(37)33-10-15(23(11-33)12-34(13-23)20-29-7-4-8-30-20)18(35)31-32-19(36)24(27,28)14-5-6-16(25)17(26)9-14/h4-9,15H,10-13H2,1-3H3,(H,31,35)(H,32,36). The first-order valence-corrected chi connectivity index (χ1v) is 12.4. The van der Waals surface area contributed by atoms with Crippen molar-refractivity contribution in [3.63, 3.8) is 0 Å². The number of aromatic nitrogens is 2. The summed E-state index contributed by atoms with van der Waals surface area (Å²) >= 11 is 11.6. The molecule has 4 rings (SSSR count). The number of hydrogen-bond acceptors (Lipinski definition) is 7. The van der Waals surface area contributed by atoms with Gasteiger partial charge in [0.1, 0.15) is 5.60 Å². The van der Waals surface area contributed by atoms with E-state index in [-0.39, 0.29) is 23.1 Å². The molecule has 3 heterocycles. The number of alkyl halides is 2. The highest BCUT2D eigenvalue weighted by Gasteiger charge is 2.59. The Kier molecular flexibility index (Phi) is 7.41. The molecule has 1 unspecified atom stereocenters. The number of likely N-dealkylation sites (tertiary alicyclic amines) is 1. The summed E-state index contributed by atoms with van der Waals surface area (Å²) in [4.78, 5) is 49.9. The Hall–Kier alpha value is -3.25. The summed E-state index contributed by atoms with van der Waals surface area (Å²) in [5.41, 5.74) is 1.74. The fourth-order valence-electron chi connectivity index (χ4n) is 4.53. The monoisotopic (exact) mass is 570 g/mol. The molecule has 2 aliphatic heterocycles. The number of ether oxygens (including phenoxy) is 1. The molecular formula is C24H26Cl2F2N6O4. The zero-order valence-electron chi connectivity index (χ0n) is 20.8. The maximum Gasteiger partial charge on any atom is 0.410 e. The molecule has 38 heavy (non-hydrogen) atoms. The quantitative estimate of drug-likeness (QED) is 0.541. The minimum absolute atomic E-state index is 0.0245. The highest BCUT2D eigenvalue weighted by atomic mass is 35.5. The first-order valence-electron chi connectivity index (χ1n) is 11.7. The van der Waals surface area contributed by atoms with Gasteiger partial charge >= 0.3 is 17.9 Å². The normalized spacial score (nSPS) is 18.7. The third-order valence-corrected chi connectivity index (χ3v) is 7.07. The first kappa shape index (κ1) is 27.8. The average molecular weight is 571 g/mol. The number of amides is 3. The predicted molar refractivity (Wildman–Crippen MR) is 135 cm³/mol. The van der Waals surface area contributed by atoms with Gasteiger partial charge in [0, 0.05) is 49.6 Å². The molecule has 3 amide bonds. The van der Waals surface area contributed by atoms with Crippen LogP contribution in [0.1, 0.15) is 26.3 Å². The minimum atomic E-state index is -4.00. The summed E-state index contributed by atoms with van der Waals surface area (Å²) in [5.74, 6) is -6.84. The molecule has 0 saturated carbocycles. The van der Waals surface area contributed by atoms with Crippen molar-refractivity contribution in [3.8, 4) is 0 Å². The molecule has 0 aliphatic carbocycles. The molecule has 1 aromatic carbocycles. The van der Waals surface area contributed by atoms with E-state index in [0.717, 1.165) is 18.2 Å². The summed E-state index contributed by atoms with van der Waals surface area (Å²) < 4.78 is 34.9. The number of hydrazine groups is 1. The molecule has 2 aliphatic rings. The van der Waals surface area contributed by atoms with Crippen LogP contribution in [0.25, 0.3) is 0 Å². The van der Waals surface area contributed by atoms with E-state index in [1.54, 1.807) is 44.7 Å². The van der Waals surface area contributed by atoms with Crippen molar-refractivity contribution in [2.75, 3.05) is 31.1 Å². The van der Waals surface area contributed by atoms with Crippen molar-refractivity contribution >= 4 is 47.1 Å². The Morgan fingerprint density at radius 2 is 1.71 bits per heavy atom. The predicted octanol–water partition coefficient (Wildman–Crippen LogP) is 3.40. The molecular weight excluding hydrogens is 545 g/mol. The van der Waals surface area contributed by atoms with Gasteiger partial charge in [-0.05, 0) is 39.0 Å². The van der Waals surface area contributed by atoms with E-state index < -0.39 is 46.3 Å². The third-order valence-electron chi connectivity index (χ3n) is 6.33. The summed E-state index contributed by atoms with van der Waals surface area (Å²) in [7, 11) is 0. The van der Waals surface area contributed by atoms with Gasteiger partial charge in [-0.15, -0.1) is 0 Å². The molecule has 0 bridgehead atoms. The molecule has 2 saturated heterocycles. The Balaban J connectivity index is 1.47. The molecule has 2 aromatic rings. The first-order chi connectivity index (χ1) is 17.7. The van der Waals surface area contributed by atoms with E-state index in [4.69, 9.17) is 27.9 Å². The molecule has 2 N–H and O–H groups in total. The minimum Gasteiger partial charge on any atom is -0.444 e. The van der Waals surface area contributed by atoms with Crippen LogP contribution in [0.3, 0.4) is 0 Å². The number of nitrogens with zero attached hydrogens (tertiary/aromatic N) is 4. The molecule has 0 radical (unpaired) electrons. The average Bonchev–Trinajstić information content (AvgIpc) is 3.24. The molecule has 1 spiro atoms.